The lowest BCUT2D eigenvalue weighted by atomic mass is 10.1. The van der Waals surface area contributed by atoms with Gasteiger partial charge in [-0.3, -0.25) is 0 Å². The lowest BCUT2D eigenvalue weighted by Crippen LogP contribution is -2.10. The standard InChI is InChI=1S/C14H22ClN5/c1-3-4-5-6-7-8-9-16-13-11(2)12(15)19-14-17-10-18-20(13)14/h10,16H,3-9H2,1-2H3. The van der Waals surface area contributed by atoms with Gasteiger partial charge in [0.25, 0.3) is 5.78 Å². The van der Waals surface area contributed by atoms with Crippen molar-refractivity contribution in [3.63, 3.8) is 0 Å². The number of nitrogens with one attached hydrogen (secondary N) is 1. The number of halogens is 1. The van der Waals surface area contributed by atoms with Gasteiger partial charge in [0.1, 0.15) is 17.3 Å². The zero-order chi connectivity index (χ0) is 14.4. The Morgan fingerprint density at radius 2 is 1.95 bits per heavy atom. The SMILES string of the molecule is CCCCCCCCNc1c(C)c(Cl)nc2ncnn12. The zero-order valence-corrected chi connectivity index (χ0v) is 12.9. The summed E-state index contributed by atoms with van der Waals surface area (Å²) in [5, 5.41) is 8.07. The molecular weight excluding hydrogens is 274 g/mol. The molecule has 20 heavy (non-hydrogen) atoms. The third kappa shape index (κ3) is 3.60. The molecule has 0 atom stereocenters. The van der Waals surface area contributed by atoms with Crippen LogP contribution in [0.5, 0.6) is 0 Å². The highest BCUT2D eigenvalue weighted by Gasteiger charge is 2.11. The number of rotatable bonds is 8. The van der Waals surface area contributed by atoms with Crippen LogP contribution in [-0.2, 0) is 0 Å². The van der Waals surface area contributed by atoms with Gasteiger partial charge in [-0.1, -0.05) is 50.6 Å². The maximum Gasteiger partial charge on any atom is 0.255 e. The molecule has 1 N–H and O–H groups in total. The molecule has 0 radical (unpaired) electrons. The van der Waals surface area contributed by atoms with Crippen LogP contribution in [-0.4, -0.2) is 26.1 Å². The van der Waals surface area contributed by atoms with E-state index in [1.165, 1.54) is 38.4 Å². The Kier molecular flexibility index (Phi) is 5.59. The van der Waals surface area contributed by atoms with Crippen molar-refractivity contribution in [1.29, 1.82) is 0 Å². The van der Waals surface area contributed by atoms with Crippen molar-refractivity contribution in [3.05, 3.63) is 17.0 Å². The summed E-state index contributed by atoms with van der Waals surface area (Å²) in [5.74, 6) is 1.43. The zero-order valence-electron chi connectivity index (χ0n) is 12.2. The molecule has 0 aliphatic carbocycles. The number of nitrogens with zero attached hydrogens (tertiary/aromatic N) is 4. The van der Waals surface area contributed by atoms with Crippen molar-refractivity contribution in [2.45, 2.75) is 52.4 Å². The number of fused-ring (bicyclic) bond motifs is 1. The molecule has 0 amide bonds. The molecule has 0 saturated heterocycles. The van der Waals surface area contributed by atoms with E-state index < -0.39 is 0 Å². The average molecular weight is 296 g/mol. The Labute approximate surface area is 124 Å². The van der Waals surface area contributed by atoms with Crippen molar-refractivity contribution in [3.8, 4) is 0 Å². The van der Waals surface area contributed by atoms with E-state index >= 15 is 0 Å². The van der Waals surface area contributed by atoms with Crippen LogP contribution in [0.3, 0.4) is 0 Å². The van der Waals surface area contributed by atoms with Gasteiger partial charge in [-0.05, 0) is 13.3 Å². The number of aromatic nitrogens is 4. The van der Waals surface area contributed by atoms with Crippen LogP contribution in [0.25, 0.3) is 5.78 Å². The van der Waals surface area contributed by atoms with Gasteiger partial charge in [-0.2, -0.15) is 19.6 Å². The number of hydrogen-bond donors (Lipinski definition) is 1. The van der Waals surface area contributed by atoms with Gasteiger partial charge in [-0.25, -0.2) is 0 Å². The van der Waals surface area contributed by atoms with E-state index in [0.29, 0.717) is 10.9 Å². The summed E-state index contributed by atoms with van der Waals surface area (Å²) in [7, 11) is 0. The molecule has 5 nitrogen and oxygen atoms in total. The van der Waals surface area contributed by atoms with E-state index in [-0.39, 0.29) is 0 Å². The first-order valence-electron chi connectivity index (χ1n) is 7.33. The van der Waals surface area contributed by atoms with E-state index in [0.717, 1.165) is 24.3 Å². The average Bonchev–Trinajstić information content (AvgIpc) is 2.89. The van der Waals surface area contributed by atoms with Crippen molar-refractivity contribution in [2.24, 2.45) is 0 Å². The van der Waals surface area contributed by atoms with Gasteiger partial charge in [-0.15, -0.1) is 0 Å². The van der Waals surface area contributed by atoms with Crippen LogP contribution >= 0.6 is 11.6 Å². The second-order valence-corrected chi connectivity index (χ2v) is 5.40. The minimum Gasteiger partial charge on any atom is -0.370 e. The lowest BCUT2D eigenvalue weighted by Gasteiger charge is -2.11. The van der Waals surface area contributed by atoms with Crippen LogP contribution in [0.2, 0.25) is 5.15 Å². The first kappa shape index (κ1) is 15.0. The summed E-state index contributed by atoms with van der Waals surface area (Å²) in [4.78, 5) is 8.26. The van der Waals surface area contributed by atoms with E-state index in [1.54, 1.807) is 4.52 Å². The van der Waals surface area contributed by atoms with Crippen LogP contribution in [0.15, 0.2) is 6.33 Å². The smallest absolute Gasteiger partial charge is 0.255 e. The minimum absolute atomic E-state index is 0.482. The van der Waals surface area contributed by atoms with E-state index in [9.17, 15) is 0 Å². The fourth-order valence-corrected chi connectivity index (χ4v) is 2.38. The van der Waals surface area contributed by atoms with Gasteiger partial charge < -0.3 is 5.32 Å². The normalized spacial score (nSPS) is 11.2. The maximum atomic E-state index is 6.11. The number of hydrogen-bond acceptors (Lipinski definition) is 4. The molecule has 0 aromatic carbocycles. The first-order chi connectivity index (χ1) is 9.74. The second-order valence-electron chi connectivity index (χ2n) is 5.04. The van der Waals surface area contributed by atoms with Gasteiger partial charge in [0.15, 0.2) is 0 Å². The molecule has 2 aromatic heterocycles. The third-order valence-electron chi connectivity index (χ3n) is 3.43. The predicted octanol–water partition coefficient (Wildman–Crippen LogP) is 3.86. The Hall–Kier alpha value is -1.36. The summed E-state index contributed by atoms with van der Waals surface area (Å²) < 4.78 is 1.71. The van der Waals surface area contributed by atoms with Gasteiger partial charge in [0.05, 0.1) is 0 Å². The van der Waals surface area contributed by atoms with E-state index in [1.807, 2.05) is 6.92 Å². The maximum absolute atomic E-state index is 6.11. The number of anilines is 1. The van der Waals surface area contributed by atoms with Crippen molar-refractivity contribution in [2.75, 3.05) is 11.9 Å². The molecule has 0 unspecified atom stereocenters. The summed E-state index contributed by atoms with van der Waals surface area (Å²) >= 11 is 6.11. The van der Waals surface area contributed by atoms with E-state index in [4.69, 9.17) is 11.6 Å². The topological polar surface area (TPSA) is 55.1 Å². The highest BCUT2D eigenvalue weighted by molar-refractivity contribution is 6.30. The molecule has 2 aromatic rings. The quantitative estimate of drug-likeness (QED) is 0.593. The lowest BCUT2D eigenvalue weighted by molar-refractivity contribution is 0.616. The van der Waals surface area contributed by atoms with E-state index in [2.05, 4.69) is 27.3 Å². The molecule has 2 rings (SSSR count). The second kappa shape index (κ2) is 7.43. The Bertz CT molecular complexity index is 552. The fraction of sp³-hybridized carbons (Fsp3) is 0.643. The molecule has 0 fully saturated rings. The highest BCUT2D eigenvalue weighted by Crippen LogP contribution is 2.22. The molecule has 6 heteroatoms. The fourth-order valence-electron chi connectivity index (χ4n) is 2.22. The van der Waals surface area contributed by atoms with Crippen LogP contribution < -0.4 is 5.32 Å². The molecule has 0 bridgehead atoms. The summed E-state index contributed by atoms with van der Waals surface area (Å²) in [6, 6.07) is 0. The Morgan fingerprint density at radius 1 is 1.20 bits per heavy atom. The van der Waals surface area contributed by atoms with Crippen molar-refractivity contribution in [1.82, 2.24) is 19.6 Å². The van der Waals surface area contributed by atoms with Gasteiger partial charge in [0.2, 0.25) is 0 Å². The predicted molar refractivity (Wildman–Crippen MR) is 82.4 cm³/mol. The Balaban J connectivity index is 1.89. The van der Waals surface area contributed by atoms with Crippen LogP contribution in [0, 0.1) is 6.92 Å². The van der Waals surface area contributed by atoms with Crippen molar-refractivity contribution < 1.29 is 0 Å². The molecule has 0 aliphatic heterocycles. The molecular formula is C14H22ClN5. The molecule has 2 heterocycles. The van der Waals surface area contributed by atoms with Gasteiger partial charge >= 0.3 is 0 Å². The molecule has 0 spiro atoms. The monoisotopic (exact) mass is 295 g/mol. The molecule has 0 aliphatic rings. The number of unbranched alkanes of at least 4 members (excludes halogenated alkanes) is 5. The highest BCUT2D eigenvalue weighted by atomic mass is 35.5. The largest absolute Gasteiger partial charge is 0.370 e. The summed E-state index contributed by atoms with van der Waals surface area (Å²) in [5.41, 5.74) is 0.913. The molecule has 110 valence electrons. The Morgan fingerprint density at radius 3 is 2.75 bits per heavy atom. The third-order valence-corrected chi connectivity index (χ3v) is 3.80. The van der Waals surface area contributed by atoms with Gasteiger partial charge in [0, 0.05) is 12.1 Å². The van der Waals surface area contributed by atoms with Crippen LogP contribution in [0.4, 0.5) is 5.82 Å². The molecule has 0 saturated carbocycles. The first-order valence-corrected chi connectivity index (χ1v) is 7.71. The summed E-state index contributed by atoms with van der Waals surface area (Å²) in [6.45, 7) is 5.10. The van der Waals surface area contributed by atoms with Crippen molar-refractivity contribution >= 4 is 23.2 Å². The minimum atomic E-state index is 0.482. The van der Waals surface area contributed by atoms with Crippen LogP contribution in [0.1, 0.15) is 51.0 Å². The summed E-state index contributed by atoms with van der Waals surface area (Å²) in [6.07, 6.45) is 9.18.